The molecule has 1 fully saturated rings. The number of nitrogens with zero attached hydrogens (tertiary/aromatic N) is 1. The molecule has 0 bridgehead atoms. The molecule has 1 aliphatic rings. The second-order valence-corrected chi connectivity index (χ2v) is 8.49. The lowest BCUT2D eigenvalue weighted by Crippen LogP contribution is -2.21. The zero-order valence-electron chi connectivity index (χ0n) is 19.0. The molecule has 6 nitrogen and oxygen atoms in total. The molecule has 1 N–H and O–H groups in total. The van der Waals surface area contributed by atoms with Crippen LogP contribution in [0.3, 0.4) is 0 Å². The first-order valence-corrected chi connectivity index (χ1v) is 11.4. The van der Waals surface area contributed by atoms with Gasteiger partial charge in [0.25, 0.3) is 5.91 Å². The molecule has 0 radical (unpaired) electrons. The highest BCUT2D eigenvalue weighted by Crippen LogP contribution is 2.30. The fraction of sp³-hybridized carbons (Fsp3) is 0.385. The highest BCUT2D eigenvalue weighted by Gasteiger charge is 2.25. The van der Waals surface area contributed by atoms with Crippen LogP contribution in [0, 0.1) is 0 Å². The summed E-state index contributed by atoms with van der Waals surface area (Å²) in [6.07, 6.45) is 3.91. The minimum atomic E-state index is -0.720. The zero-order chi connectivity index (χ0) is 23.4. The van der Waals surface area contributed by atoms with Crippen molar-refractivity contribution in [3.63, 3.8) is 0 Å². The number of hydrogen-bond acceptors (Lipinski definition) is 5. The summed E-state index contributed by atoms with van der Waals surface area (Å²) in [5.74, 6) is -0.0296. The van der Waals surface area contributed by atoms with Gasteiger partial charge in [-0.1, -0.05) is 25.5 Å². The molecule has 0 atom stereocenters. The molecule has 1 aromatic heterocycles. The fourth-order valence-corrected chi connectivity index (χ4v) is 3.98. The first kappa shape index (κ1) is 23.0. The van der Waals surface area contributed by atoms with Crippen LogP contribution in [0.25, 0.3) is 11.0 Å². The number of aryl methyl sites for hydroxylation is 1. The maximum Gasteiger partial charge on any atom is 0.349 e. The summed E-state index contributed by atoms with van der Waals surface area (Å²) in [6.45, 7) is 2.19. The van der Waals surface area contributed by atoms with E-state index >= 15 is 0 Å². The van der Waals surface area contributed by atoms with Crippen molar-refractivity contribution < 1.29 is 18.3 Å². The van der Waals surface area contributed by atoms with Crippen LogP contribution in [-0.2, 0) is 13.0 Å². The molecule has 0 saturated heterocycles. The van der Waals surface area contributed by atoms with Gasteiger partial charge in [0.05, 0.1) is 0 Å². The molecule has 4 rings (SSSR count). The van der Waals surface area contributed by atoms with Crippen molar-refractivity contribution in [1.29, 1.82) is 0 Å². The van der Waals surface area contributed by atoms with Crippen molar-refractivity contribution in [3.8, 4) is 5.75 Å². The van der Waals surface area contributed by atoms with Crippen molar-refractivity contribution in [2.24, 2.45) is 0 Å². The highest BCUT2D eigenvalue weighted by molar-refractivity contribution is 6.05. The van der Waals surface area contributed by atoms with Crippen molar-refractivity contribution in [2.45, 2.75) is 45.2 Å². The molecular formula is C26H29FN2O4. The van der Waals surface area contributed by atoms with E-state index in [9.17, 15) is 14.0 Å². The number of alkyl halides is 1. The van der Waals surface area contributed by atoms with E-state index in [1.807, 2.05) is 31.2 Å². The van der Waals surface area contributed by atoms with E-state index in [1.165, 1.54) is 24.5 Å². The highest BCUT2D eigenvalue weighted by atomic mass is 19.1. The Balaban J connectivity index is 1.54. The van der Waals surface area contributed by atoms with Gasteiger partial charge in [-0.2, -0.15) is 0 Å². The van der Waals surface area contributed by atoms with Crippen molar-refractivity contribution >= 4 is 22.6 Å². The number of carbonyl (C=O) groups is 1. The summed E-state index contributed by atoms with van der Waals surface area (Å²) in [5, 5.41) is 3.40. The third kappa shape index (κ3) is 5.42. The van der Waals surface area contributed by atoms with Crippen LogP contribution in [-0.4, -0.2) is 37.2 Å². The van der Waals surface area contributed by atoms with Gasteiger partial charge < -0.3 is 14.5 Å². The minimum Gasteiger partial charge on any atom is -0.490 e. The van der Waals surface area contributed by atoms with Gasteiger partial charge in [0.2, 0.25) is 0 Å². The summed E-state index contributed by atoms with van der Waals surface area (Å²) in [7, 11) is 2.12. The third-order valence-electron chi connectivity index (χ3n) is 5.86. The molecule has 3 aromatic rings. The smallest absolute Gasteiger partial charge is 0.349 e. The lowest BCUT2D eigenvalue weighted by molar-refractivity contribution is 0.102. The second-order valence-electron chi connectivity index (χ2n) is 8.49. The number of ether oxygens (including phenoxy) is 1. The van der Waals surface area contributed by atoms with Gasteiger partial charge in [0.1, 0.15) is 30.2 Å². The monoisotopic (exact) mass is 452 g/mol. The Morgan fingerprint density at radius 1 is 1.21 bits per heavy atom. The zero-order valence-corrected chi connectivity index (χ0v) is 19.0. The van der Waals surface area contributed by atoms with Gasteiger partial charge >= 0.3 is 5.63 Å². The summed E-state index contributed by atoms with van der Waals surface area (Å²) in [5.41, 5.74) is 2.07. The number of carbonyl (C=O) groups excluding carboxylic acids is 1. The van der Waals surface area contributed by atoms with Crippen LogP contribution in [0.1, 0.15) is 47.7 Å². The molecule has 2 aromatic carbocycles. The lowest BCUT2D eigenvalue weighted by Gasteiger charge is -2.15. The topological polar surface area (TPSA) is 71.8 Å². The van der Waals surface area contributed by atoms with Crippen molar-refractivity contribution in [2.75, 3.05) is 25.6 Å². The Bertz CT molecular complexity index is 1190. The van der Waals surface area contributed by atoms with Gasteiger partial charge in [0, 0.05) is 29.2 Å². The van der Waals surface area contributed by atoms with Crippen molar-refractivity contribution in [3.05, 3.63) is 69.6 Å². The molecule has 1 aliphatic carbocycles. The largest absolute Gasteiger partial charge is 0.490 e. The quantitative estimate of drug-likeness (QED) is 0.441. The Morgan fingerprint density at radius 2 is 1.97 bits per heavy atom. The molecule has 0 unspecified atom stereocenters. The van der Waals surface area contributed by atoms with Gasteiger partial charge in [-0.3, -0.25) is 9.69 Å². The normalized spacial score (nSPS) is 13.5. The number of rotatable bonds is 10. The maximum atomic E-state index is 12.8. The van der Waals surface area contributed by atoms with E-state index in [4.69, 9.17) is 9.15 Å². The standard InChI is InChI=1S/C26H29FN2O4/c1-3-4-21-23(32-14-13-27)12-7-18-15-22(26(31)33-24(18)21)25(30)28-19-8-5-17(6-9-19)16-29(2)20-10-11-20/h5-9,12,15,20H,3-4,10-11,13-14,16H2,1-2H3,(H,28,30). The third-order valence-corrected chi connectivity index (χ3v) is 5.86. The molecule has 1 amide bonds. The van der Waals surface area contributed by atoms with E-state index in [-0.39, 0.29) is 12.2 Å². The predicted molar refractivity (Wildman–Crippen MR) is 127 cm³/mol. The van der Waals surface area contributed by atoms with Crippen LogP contribution < -0.4 is 15.7 Å². The predicted octanol–water partition coefficient (Wildman–Crippen LogP) is 4.94. The number of anilines is 1. The number of hydrogen-bond donors (Lipinski definition) is 1. The minimum absolute atomic E-state index is 0.0669. The molecule has 1 saturated carbocycles. The van der Waals surface area contributed by atoms with E-state index < -0.39 is 18.2 Å². The van der Waals surface area contributed by atoms with Crippen LogP contribution in [0.15, 0.2) is 51.7 Å². The summed E-state index contributed by atoms with van der Waals surface area (Å²) >= 11 is 0. The van der Waals surface area contributed by atoms with Gasteiger partial charge in [-0.25, -0.2) is 9.18 Å². The first-order valence-electron chi connectivity index (χ1n) is 11.4. The Morgan fingerprint density at radius 3 is 2.64 bits per heavy atom. The SMILES string of the molecule is CCCc1c(OCCF)ccc2cc(C(=O)Nc3ccc(CN(C)C4CC4)cc3)c(=O)oc12. The van der Waals surface area contributed by atoms with Gasteiger partial charge in [0.15, 0.2) is 0 Å². The van der Waals surface area contributed by atoms with E-state index in [0.717, 1.165) is 13.0 Å². The Hall–Kier alpha value is -3.19. The number of fused-ring (bicyclic) bond motifs is 1. The molecule has 7 heteroatoms. The average molecular weight is 453 g/mol. The van der Waals surface area contributed by atoms with E-state index in [1.54, 1.807) is 12.1 Å². The van der Waals surface area contributed by atoms with E-state index in [2.05, 4.69) is 17.3 Å². The molecule has 33 heavy (non-hydrogen) atoms. The van der Waals surface area contributed by atoms with Crippen LogP contribution in [0.4, 0.5) is 10.1 Å². The number of nitrogens with one attached hydrogen (secondary N) is 1. The second kappa shape index (κ2) is 10.2. The summed E-state index contributed by atoms with van der Waals surface area (Å²) in [6, 6.07) is 13.3. The van der Waals surface area contributed by atoms with Gasteiger partial charge in [-0.05, 0) is 62.2 Å². The van der Waals surface area contributed by atoms with Gasteiger partial charge in [-0.15, -0.1) is 0 Å². The summed E-state index contributed by atoms with van der Waals surface area (Å²) < 4.78 is 23.6. The molecule has 1 heterocycles. The van der Waals surface area contributed by atoms with Crippen LogP contribution in [0.2, 0.25) is 0 Å². The fourth-order valence-electron chi connectivity index (χ4n) is 3.98. The Labute approximate surface area is 192 Å². The summed E-state index contributed by atoms with van der Waals surface area (Å²) in [4.78, 5) is 27.8. The molecular weight excluding hydrogens is 423 g/mol. The maximum absolute atomic E-state index is 12.8. The first-order chi connectivity index (χ1) is 16.0. The van der Waals surface area contributed by atoms with Crippen molar-refractivity contribution in [1.82, 2.24) is 4.90 Å². The van der Waals surface area contributed by atoms with Crippen LogP contribution in [0.5, 0.6) is 5.75 Å². The number of amides is 1. The van der Waals surface area contributed by atoms with Crippen LogP contribution >= 0.6 is 0 Å². The molecule has 174 valence electrons. The van der Waals surface area contributed by atoms with E-state index in [0.29, 0.717) is 40.4 Å². The number of benzene rings is 2. The average Bonchev–Trinajstić information content (AvgIpc) is 3.65. The number of halogens is 1. The lowest BCUT2D eigenvalue weighted by atomic mass is 10.0. The Kier molecular flexibility index (Phi) is 7.08. The molecule has 0 spiro atoms. The molecule has 0 aliphatic heterocycles.